The van der Waals surface area contributed by atoms with Crippen LogP contribution in [0.25, 0.3) is 11.1 Å². The normalized spacial score (nSPS) is 23.0. The number of hydrogen-bond acceptors (Lipinski definition) is 10. The van der Waals surface area contributed by atoms with E-state index in [-0.39, 0.29) is 37.0 Å². The maximum Gasteiger partial charge on any atom is 0.347 e. The van der Waals surface area contributed by atoms with Gasteiger partial charge in [-0.2, -0.15) is 0 Å². The Hall–Kier alpha value is -3.67. The van der Waals surface area contributed by atoms with Crippen LogP contribution in [-0.4, -0.2) is 75.0 Å². The third-order valence-electron chi connectivity index (χ3n) is 10.6. The van der Waals surface area contributed by atoms with E-state index in [1.54, 1.807) is 44.6 Å². The number of benzene rings is 3. The van der Waals surface area contributed by atoms with Gasteiger partial charge in [-0.15, -0.1) is 0 Å². The average molecular weight is 777 g/mol. The Morgan fingerprint density at radius 3 is 1.91 bits per heavy atom. The molecule has 0 aromatic heterocycles. The summed E-state index contributed by atoms with van der Waals surface area (Å²) in [6, 6.07) is 20.4. The predicted octanol–water partition coefficient (Wildman–Crippen LogP) is 10.1. The molecule has 0 spiro atoms. The number of aliphatic hydroxyl groups excluding tert-OH is 1. The highest BCUT2D eigenvalue weighted by atomic mass is 16.7. The highest BCUT2D eigenvalue weighted by molar-refractivity contribution is 5.94. The molecule has 7 unspecified atom stereocenters. The second-order valence-electron chi connectivity index (χ2n) is 15.2. The van der Waals surface area contributed by atoms with Crippen LogP contribution in [0.15, 0.2) is 66.7 Å². The number of esters is 1. The van der Waals surface area contributed by atoms with Crippen LogP contribution in [0.5, 0.6) is 23.0 Å². The zero-order valence-electron chi connectivity index (χ0n) is 34.1. The lowest BCUT2D eigenvalue weighted by molar-refractivity contribution is -0.271. The van der Waals surface area contributed by atoms with E-state index >= 15 is 0 Å². The number of carbonyl (C=O) groups excluding carboxylic acids is 1. The number of ether oxygens (including phenoxy) is 8. The van der Waals surface area contributed by atoms with Crippen molar-refractivity contribution in [2.45, 2.75) is 154 Å². The van der Waals surface area contributed by atoms with Gasteiger partial charge in [0, 0.05) is 25.3 Å². The highest BCUT2D eigenvalue weighted by Crippen LogP contribution is 2.32. The Balaban J connectivity index is 0.971. The number of hydrogen-bond donors (Lipinski definition) is 1. The molecule has 2 heterocycles. The number of methoxy groups -OCH3 is 2. The molecule has 2 aliphatic heterocycles. The average Bonchev–Trinajstić information content (AvgIpc) is 3.19. The summed E-state index contributed by atoms with van der Waals surface area (Å²) in [6.45, 7) is 6.46. The summed E-state index contributed by atoms with van der Waals surface area (Å²) in [5.41, 5.74) is 2.41. The van der Waals surface area contributed by atoms with Gasteiger partial charge in [0.15, 0.2) is 12.6 Å². The standard InChI is InChI=1S/C46H64O10/c1-6-36-28-41(53-33(3)52-36)30-42-29-40(27-32(2)47)54-45(55-42)15-13-11-9-7-8-10-12-14-26-51-44-31-39(50-5)24-25-43(44)46(48)56-38-22-18-35(19-23-38)34-16-20-37(49-4)21-17-34/h16-25,31-33,36,40-42,45,47H,6-15,26-30H2,1-5H3. The molecule has 10 heteroatoms. The molecule has 0 bridgehead atoms. The fraction of sp³-hybridized carbons (Fsp3) is 0.587. The maximum absolute atomic E-state index is 13.2. The van der Waals surface area contributed by atoms with E-state index in [0.29, 0.717) is 35.8 Å². The van der Waals surface area contributed by atoms with Gasteiger partial charge in [0.1, 0.15) is 28.6 Å². The van der Waals surface area contributed by atoms with Gasteiger partial charge in [-0.05, 0) is 93.5 Å². The number of aliphatic hydroxyl groups is 1. The summed E-state index contributed by atoms with van der Waals surface area (Å²) in [4.78, 5) is 13.2. The van der Waals surface area contributed by atoms with Crippen LogP contribution < -0.4 is 18.9 Å². The molecule has 3 aromatic rings. The number of unbranched alkanes of at least 4 members (excludes halogenated alkanes) is 7. The van der Waals surface area contributed by atoms with Crippen molar-refractivity contribution in [1.29, 1.82) is 0 Å². The van der Waals surface area contributed by atoms with Gasteiger partial charge in [0.2, 0.25) is 0 Å². The molecular formula is C46H64O10. The number of carbonyl (C=O) groups is 1. The summed E-state index contributed by atoms with van der Waals surface area (Å²) >= 11 is 0. The molecule has 0 saturated carbocycles. The third-order valence-corrected chi connectivity index (χ3v) is 10.6. The molecule has 308 valence electrons. The molecule has 2 aliphatic rings. The molecule has 2 saturated heterocycles. The maximum atomic E-state index is 13.2. The van der Waals surface area contributed by atoms with Crippen LogP contribution in [0.4, 0.5) is 0 Å². The van der Waals surface area contributed by atoms with Crippen molar-refractivity contribution in [3.05, 3.63) is 72.3 Å². The van der Waals surface area contributed by atoms with Gasteiger partial charge in [-0.25, -0.2) is 4.79 Å². The van der Waals surface area contributed by atoms with Crippen LogP contribution in [0.2, 0.25) is 0 Å². The molecule has 10 nitrogen and oxygen atoms in total. The van der Waals surface area contributed by atoms with E-state index in [0.717, 1.165) is 81.1 Å². The minimum atomic E-state index is -0.481. The lowest BCUT2D eigenvalue weighted by Crippen LogP contribution is -2.43. The lowest BCUT2D eigenvalue weighted by atomic mass is 9.96. The second-order valence-corrected chi connectivity index (χ2v) is 15.2. The Morgan fingerprint density at radius 1 is 0.714 bits per heavy atom. The van der Waals surface area contributed by atoms with Gasteiger partial charge in [-0.3, -0.25) is 0 Å². The van der Waals surface area contributed by atoms with Crippen LogP contribution >= 0.6 is 0 Å². The summed E-state index contributed by atoms with van der Waals surface area (Å²) < 4.78 is 47.2. The second kappa shape index (κ2) is 22.9. The Kier molecular flexibility index (Phi) is 17.8. The van der Waals surface area contributed by atoms with Crippen LogP contribution in [0, 0.1) is 0 Å². The van der Waals surface area contributed by atoms with E-state index in [1.165, 1.54) is 19.3 Å². The molecule has 3 aromatic carbocycles. The molecule has 7 atom stereocenters. The SMILES string of the molecule is CCC1CC(CC2CC(CC(C)O)OC(CCCCCCCCCCOc3cc(OC)ccc3C(=O)Oc3ccc(-c4ccc(OC)cc4)cc3)O2)OC(C)O1. The molecule has 2 fully saturated rings. The first kappa shape index (κ1) is 43.5. The van der Waals surface area contributed by atoms with Crippen molar-refractivity contribution in [2.24, 2.45) is 0 Å². The van der Waals surface area contributed by atoms with E-state index in [2.05, 4.69) is 6.92 Å². The first-order valence-corrected chi connectivity index (χ1v) is 20.8. The Bertz CT molecular complexity index is 1580. The lowest BCUT2D eigenvalue weighted by Gasteiger charge is -2.40. The van der Waals surface area contributed by atoms with Crippen molar-refractivity contribution in [3.8, 4) is 34.1 Å². The van der Waals surface area contributed by atoms with Crippen molar-refractivity contribution < 1.29 is 47.8 Å². The fourth-order valence-electron chi connectivity index (χ4n) is 7.61. The zero-order valence-corrected chi connectivity index (χ0v) is 34.1. The van der Waals surface area contributed by atoms with Gasteiger partial charge >= 0.3 is 5.97 Å². The van der Waals surface area contributed by atoms with Gasteiger partial charge in [-0.1, -0.05) is 69.7 Å². The molecule has 0 radical (unpaired) electrons. The van der Waals surface area contributed by atoms with Crippen LogP contribution in [0.1, 0.15) is 121 Å². The molecule has 0 aliphatic carbocycles. The van der Waals surface area contributed by atoms with Gasteiger partial charge < -0.3 is 43.0 Å². The monoisotopic (exact) mass is 776 g/mol. The van der Waals surface area contributed by atoms with Crippen LogP contribution in [0.3, 0.4) is 0 Å². The molecule has 1 N–H and O–H groups in total. The van der Waals surface area contributed by atoms with Crippen molar-refractivity contribution in [1.82, 2.24) is 0 Å². The van der Waals surface area contributed by atoms with E-state index in [9.17, 15) is 9.90 Å². The summed E-state index contributed by atoms with van der Waals surface area (Å²) in [5, 5.41) is 10.1. The van der Waals surface area contributed by atoms with Gasteiger partial charge in [0.05, 0.1) is 51.3 Å². The largest absolute Gasteiger partial charge is 0.497 e. The van der Waals surface area contributed by atoms with Gasteiger partial charge in [0.25, 0.3) is 0 Å². The minimum absolute atomic E-state index is 0.00110. The summed E-state index contributed by atoms with van der Waals surface area (Å²) in [5.74, 6) is 1.84. The quantitative estimate of drug-likeness (QED) is 0.0601. The molecule has 0 amide bonds. The van der Waals surface area contributed by atoms with E-state index in [1.807, 2.05) is 50.2 Å². The van der Waals surface area contributed by atoms with Crippen molar-refractivity contribution in [3.63, 3.8) is 0 Å². The van der Waals surface area contributed by atoms with Crippen LogP contribution in [-0.2, 0) is 18.9 Å². The molecular weight excluding hydrogens is 712 g/mol. The fourth-order valence-corrected chi connectivity index (χ4v) is 7.61. The molecule has 56 heavy (non-hydrogen) atoms. The first-order valence-electron chi connectivity index (χ1n) is 20.8. The third kappa shape index (κ3) is 14.1. The topological polar surface area (TPSA) is 111 Å². The zero-order chi connectivity index (χ0) is 39.7. The Morgan fingerprint density at radius 2 is 1.27 bits per heavy atom. The smallest absolute Gasteiger partial charge is 0.347 e. The summed E-state index contributed by atoms with van der Waals surface area (Å²) in [7, 11) is 3.24. The minimum Gasteiger partial charge on any atom is -0.497 e. The first-order chi connectivity index (χ1) is 27.2. The van der Waals surface area contributed by atoms with Crippen molar-refractivity contribution >= 4 is 5.97 Å². The Labute approximate surface area is 334 Å². The predicted molar refractivity (Wildman–Crippen MR) is 217 cm³/mol. The van der Waals surface area contributed by atoms with E-state index < -0.39 is 12.1 Å². The number of rotatable bonds is 22. The molecule has 5 rings (SSSR count). The van der Waals surface area contributed by atoms with E-state index in [4.69, 9.17) is 37.9 Å². The summed E-state index contributed by atoms with van der Waals surface area (Å²) in [6.07, 6.45) is 13.4. The highest BCUT2D eigenvalue weighted by Gasteiger charge is 2.35. The van der Waals surface area contributed by atoms with Crippen molar-refractivity contribution in [2.75, 3.05) is 20.8 Å².